The van der Waals surface area contributed by atoms with Gasteiger partial charge in [0.2, 0.25) is 5.91 Å². The van der Waals surface area contributed by atoms with Gasteiger partial charge >= 0.3 is 0 Å². The van der Waals surface area contributed by atoms with Crippen LogP contribution in [0.5, 0.6) is 5.75 Å². The van der Waals surface area contributed by atoms with Crippen LogP contribution in [-0.2, 0) is 21.1 Å². The molecule has 1 aromatic heterocycles. The number of phenols is 1. The molecule has 29 heavy (non-hydrogen) atoms. The van der Waals surface area contributed by atoms with E-state index >= 15 is 0 Å². The summed E-state index contributed by atoms with van der Waals surface area (Å²) < 4.78 is 25.9. The Morgan fingerprint density at radius 3 is 2.48 bits per heavy atom. The second-order valence-electron chi connectivity index (χ2n) is 6.70. The first-order valence-corrected chi connectivity index (χ1v) is 10.8. The van der Waals surface area contributed by atoms with Crippen molar-refractivity contribution < 1.29 is 18.3 Å². The summed E-state index contributed by atoms with van der Waals surface area (Å²) in [6.45, 7) is 5.26. The third kappa shape index (κ3) is 4.32. The summed E-state index contributed by atoms with van der Waals surface area (Å²) in [4.78, 5) is 12.7. The number of aryl methyl sites for hydroxylation is 1. The Hall–Kier alpha value is -3.13. The Morgan fingerprint density at radius 2 is 1.83 bits per heavy atom. The van der Waals surface area contributed by atoms with E-state index in [1.54, 1.807) is 4.68 Å². The first-order valence-electron chi connectivity index (χ1n) is 9.19. The molecular weight excluding hydrogens is 390 g/mol. The van der Waals surface area contributed by atoms with E-state index in [1.165, 1.54) is 25.1 Å². The molecule has 0 aliphatic carbocycles. The highest BCUT2D eigenvalue weighted by molar-refractivity contribution is 7.91. The van der Waals surface area contributed by atoms with Crippen LogP contribution in [-0.4, -0.2) is 35.0 Å². The summed E-state index contributed by atoms with van der Waals surface area (Å²) in [5, 5.41) is 17.2. The lowest BCUT2D eigenvalue weighted by atomic mass is 10.1. The average Bonchev–Trinajstić information content (AvgIpc) is 2.98. The van der Waals surface area contributed by atoms with Crippen LogP contribution in [0.4, 0.5) is 5.69 Å². The molecule has 0 saturated carbocycles. The molecule has 0 spiro atoms. The van der Waals surface area contributed by atoms with Crippen LogP contribution in [0.1, 0.15) is 23.9 Å². The molecule has 0 aliphatic rings. The fraction of sp³-hybridized carbons (Fsp3) is 0.238. The Bertz CT molecular complexity index is 1150. The molecule has 0 unspecified atom stereocenters. The fourth-order valence-electron chi connectivity index (χ4n) is 3.08. The highest BCUT2D eigenvalue weighted by Crippen LogP contribution is 2.27. The van der Waals surface area contributed by atoms with E-state index in [-0.39, 0.29) is 34.4 Å². The van der Waals surface area contributed by atoms with Crippen LogP contribution in [0.2, 0.25) is 0 Å². The Kier molecular flexibility index (Phi) is 5.74. The number of amides is 1. The number of carbonyl (C=O) groups is 1. The minimum absolute atomic E-state index is 0.0503. The molecule has 0 atom stereocenters. The smallest absolute Gasteiger partial charge is 0.229 e. The molecule has 0 bridgehead atoms. The lowest BCUT2D eigenvalue weighted by Crippen LogP contribution is -2.16. The van der Waals surface area contributed by atoms with E-state index in [4.69, 9.17) is 0 Å². The van der Waals surface area contributed by atoms with Crippen molar-refractivity contribution in [3.63, 3.8) is 0 Å². The summed E-state index contributed by atoms with van der Waals surface area (Å²) in [6.07, 6.45) is 0.0503. The van der Waals surface area contributed by atoms with Gasteiger partial charge in [0, 0.05) is 11.3 Å². The number of aromatic nitrogens is 2. The van der Waals surface area contributed by atoms with Crippen LogP contribution in [0.3, 0.4) is 0 Å². The van der Waals surface area contributed by atoms with Crippen molar-refractivity contribution in [2.24, 2.45) is 0 Å². The maximum atomic E-state index is 12.6. The minimum atomic E-state index is -3.45. The number of benzene rings is 2. The monoisotopic (exact) mass is 413 g/mol. The van der Waals surface area contributed by atoms with Crippen molar-refractivity contribution >= 4 is 21.4 Å². The Balaban J connectivity index is 1.84. The molecule has 7 nitrogen and oxygen atoms in total. The summed E-state index contributed by atoms with van der Waals surface area (Å²) >= 11 is 0. The molecule has 1 heterocycles. The van der Waals surface area contributed by atoms with E-state index in [2.05, 4.69) is 10.4 Å². The maximum Gasteiger partial charge on any atom is 0.229 e. The van der Waals surface area contributed by atoms with Crippen LogP contribution in [0.15, 0.2) is 53.4 Å². The highest BCUT2D eigenvalue weighted by atomic mass is 32.2. The molecule has 0 fully saturated rings. The van der Waals surface area contributed by atoms with Gasteiger partial charge in [-0.1, -0.05) is 25.1 Å². The number of nitrogens with zero attached hydrogens (tertiary/aromatic N) is 2. The zero-order valence-electron chi connectivity index (χ0n) is 16.5. The number of para-hydroxylation sites is 1. The fourth-order valence-corrected chi connectivity index (χ4v) is 3.99. The van der Waals surface area contributed by atoms with Gasteiger partial charge in [0.15, 0.2) is 9.84 Å². The van der Waals surface area contributed by atoms with Crippen molar-refractivity contribution in [3.05, 3.63) is 65.5 Å². The molecule has 2 aromatic carbocycles. The van der Waals surface area contributed by atoms with Crippen LogP contribution in [0.25, 0.3) is 5.69 Å². The van der Waals surface area contributed by atoms with Crippen molar-refractivity contribution in [2.45, 2.75) is 32.1 Å². The number of sulfone groups is 1. The van der Waals surface area contributed by atoms with Gasteiger partial charge in [0.1, 0.15) is 5.75 Å². The third-order valence-corrected chi connectivity index (χ3v) is 6.49. The largest absolute Gasteiger partial charge is 0.506 e. The molecule has 152 valence electrons. The second kappa shape index (κ2) is 8.08. The van der Waals surface area contributed by atoms with E-state index in [1.807, 2.05) is 44.2 Å². The van der Waals surface area contributed by atoms with Crippen LogP contribution in [0, 0.1) is 13.8 Å². The quantitative estimate of drug-likeness (QED) is 0.605. The van der Waals surface area contributed by atoms with Gasteiger partial charge in [-0.25, -0.2) is 13.1 Å². The summed E-state index contributed by atoms with van der Waals surface area (Å²) in [5.74, 6) is -0.630. The Labute approximate surface area is 169 Å². The molecule has 8 heteroatoms. The van der Waals surface area contributed by atoms with E-state index in [0.29, 0.717) is 0 Å². The summed E-state index contributed by atoms with van der Waals surface area (Å²) in [6, 6.07) is 13.5. The Morgan fingerprint density at radius 1 is 1.14 bits per heavy atom. The van der Waals surface area contributed by atoms with Crippen LogP contribution < -0.4 is 5.32 Å². The predicted molar refractivity (Wildman–Crippen MR) is 111 cm³/mol. The molecule has 3 aromatic rings. The van der Waals surface area contributed by atoms with E-state index in [0.717, 1.165) is 22.6 Å². The van der Waals surface area contributed by atoms with Crippen molar-refractivity contribution in [1.29, 1.82) is 0 Å². The molecular formula is C21H23N3O4S. The second-order valence-corrected chi connectivity index (χ2v) is 8.98. The van der Waals surface area contributed by atoms with Gasteiger partial charge in [-0.2, -0.15) is 5.10 Å². The van der Waals surface area contributed by atoms with Gasteiger partial charge in [0.25, 0.3) is 0 Å². The van der Waals surface area contributed by atoms with E-state index in [9.17, 15) is 18.3 Å². The van der Waals surface area contributed by atoms with Gasteiger partial charge in [-0.05, 0) is 44.2 Å². The van der Waals surface area contributed by atoms with Crippen LogP contribution >= 0.6 is 0 Å². The van der Waals surface area contributed by atoms with Crippen molar-refractivity contribution in [1.82, 2.24) is 9.78 Å². The molecule has 2 N–H and O–H groups in total. The molecule has 3 rings (SSSR count). The van der Waals surface area contributed by atoms with Crippen molar-refractivity contribution in [2.75, 3.05) is 11.1 Å². The summed E-state index contributed by atoms with van der Waals surface area (Å²) in [5.41, 5.74) is 3.32. The number of aromatic hydroxyl groups is 1. The number of rotatable bonds is 6. The average molecular weight is 413 g/mol. The maximum absolute atomic E-state index is 12.6. The zero-order chi connectivity index (χ0) is 21.2. The normalized spacial score (nSPS) is 11.4. The lowest BCUT2D eigenvalue weighted by Gasteiger charge is -2.10. The molecule has 1 amide bonds. The van der Waals surface area contributed by atoms with Gasteiger partial charge < -0.3 is 10.4 Å². The number of hydrogen-bond donors (Lipinski definition) is 2. The number of hydrogen-bond acceptors (Lipinski definition) is 5. The summed E-state index contributed by atoms with van der Waals surface area (Å²) in [7, 11) is -3.45. The predicted octanol–water partition coefficient (Wildman–Crippen LogP) is 3.17. The van der Waals surface area contributed by atoms with Gasteiger partial charge in [0.05, 0.1) is 34.1 Å². The number of nitrogens with one attached hydrogen (secondary N) is 1. The number of phenolic OH excluding ortho intramolecular Hbond substituents is 1. The lowest BCUT2D eigenvalue weighted by molar-refractivity contribution is -0.115. The minimum Gasteiger partial charge on any atom is -0.506 e. The molecule has 0 saturated heterocycles. The molecule has 0 aliphatic heterocycles. The standard InChI is InChI=1S/C21H23N3O4S/c1-4-29(27,28)17-10-11-20(25)19(12-17)22-21(26)13-18-14(2)23-24(15(18)3)16-8-6-5-7-9-16/h5-12,25H,4,13H2,1-3H3,(H,22,26). The molecule has 0 radical (unpaired) electrons. The van der Waals surface area contributed by atoms with Gasteiger partial charge in [-0.3, -0.25) is 4.79 Å². The zero-order valence-corrected chi connectivity index (χ0v) is 17.3. The number of carbonyl (C=O) groups excluding carboxylic acids is 1. The first kappa shape index (κ1) is 20.6. The number of anilines is 1. The van der Waals surface area contributed by atoms with Crippen molar-refractivity contribution in [3.8, 4) is 11.4 Å². The SMILES string of the molecule is CCS(=O)(=O)c1ccc(O)c(NC(=O)Cc2c(C)nn(-c3ccccc3)c2C)c1. The van der Waals surface area contributed by atoms with E-state index < -0.39 is 9.84 Å². The topological polar surface area (TPSA) is 101 Å². The first-order chi connectivity index (χ1) is 13.7. The van der Waals surface area contributed by atoms with Gasteiger partial charge in [-0.15, -0.1) is 0 Å². The third-order valence-electron chi connectivity index (χ3n) is 4.76. The highest BCUT2D eigenvalue weighted by Gasteiger charge is 2.18.